The lowest BCUT2D eigenvalue weighted by atomic mass is 9.65. The minimum absolute atomic E-state index is 0.155. The van der Waals surface area contributed by atoms with Crippen molar-refractivity contribution in [2.45, 2.75) is 97.0 Å². The third-order valence-corrected chi connectivity index (χ3v) is 10.0. The van der Waals surface area contributed by atoms with E-state index < -0.39 is 23.3 Å². The summed E-state index contributed by atoms with van der Waals surface area (Å²) in [6, 6.07) is 4.95. The van der Waals surface area contributed by atoms with Crippen LogP contribution in [0, 0.1) is 52.9 Å². The standard InChI is InChI=1S/C35H46F4O3/c1-3-5-22-8-12-27(13-9-22)41-20-23-6-10-26-19-24(7-11-25(26)18-23)21-42-31-17-15-29(33(37)35(31)39)28-14-16-30(40-4-2)34(38)32(28)36/h14-17,22-27H,3-13,18-21H2,1-2H3. The van der Waals surface area contributed by atoms with E-state index in [0.717, 1.165) is 31.8 Å². The molecular weight excluding hydrogens is 544 g/mol. The number of hydrogen-bond donors (Lipinski definition) is 0. The number of fused-ring (bicyclic) bond motifs is 1. The number of rotatable bonds is 11. The van der Waals surface area contributed by atoms with Gasteiger partial charge in [-0.15, -0.1) is 0 Å². The summed E-state index contributed by atoms with van der Waals surface area (Å²) < 4.78 is 76.1. The summed E-state index contributed by atoms with van der Waals surface area (Å²) in [7, 11) is 0. The predicted molar refractivity (Wildman–Crippen MR) is 157 cm³/mol. The highest BCUT2D eigenvalue weighted by Crippen LogP contribution is 2.45. The molecule has 0 bridgehead atoms. The monoisotopic (exact) mass is 590 g/mol. The topological polar surface area (TPSA) is 27.7 Å². The van der Waals surface area contributed by atoms with E-state index in [1.54, 1.807) is 6.92 Å². The van der Waals surface area contributed by atoms with Gasteiger partial charge < -0.3 is 14.2 Å². The third kappa shape index (κ3) is 7.26. The van der Waals surface area contributed by atoms with E-state index in [1.165, 1.54) is 82.1 Å². The van der Waals surface area contributed by atoms with Crippen LogP contribution >= 0.6 is 0 Å². The van der Waals surface area contributed by atoms with E-state index in [0.29, 0.717) is 30.5 Å². The quantitative estimate of drug-likeness (QED) is 0.244. The first-order valence-electron chi connectivity index (χ1n) is 16.2. The number of benzene rings is 2. The molecule has 0 radical (unpaired) electrons. The van der Waals surface area contributed by atoms with Gasteiger partial charge in [-0.05, 0) is 125 Å². The van der Waals surface area contributed by atoms with Crippen molar-refractivity contribution in [2.24, 2.45) is 29.6 Å². The maximum absolute atomic E-state index is 15.0. The van der Waals surface area contributed by atoms with Gasteiger partial charge in [-0.2, -0.15) is 8.78 Å². The second kappa shape index (κ2) is 14.5. The Labute approximate surface area is 248 Å². The fraction of sp³-hybridized carbons (Fsp3) is 0.657. The van der Waals surface area contributed by atoms with Crippen LogP contribution < -0.4 is 9.47 Å². The summed E-state index contributed by atoms with van der Waals surface area (Å²) in [6.45, 7) is 5.29. The molecule has 232 valence electrons. The fourth-order valence-corrected chi connectivity index (χ4v) is 7.72. The molecule has 0 saturated heterocycles. The second-order valence-corrected chi connectivity index (χ2v) is 12.9. The van der Waals surface area contributed by atoms with Gasteiger partial charge in [0.05, 0.1) is 19.3 Å². The molecular formula is C35H46F4O3. The van der Waals surface area contributed by atoms with Gasteiger partial charge in [0.25, 0.3) is 0 Å². The van der Waals surface area contributed by atoms with Crippen LogP contribution in [0.1, 0.15) is 90.9 Å². The van der Waals surface area contributed by atoms with Crippen LogP contribution in [-0.4, -0.2) is 25.9 Å². The molecule has 3 aliphatic rings. The molecule has 5 rings (SSSR count). The Balaban J connectivity index is 1.09. The lowest BCUT2D eigenvalue weighted by Gasteiger charge is -2.42. The number of halogens is 4. The van der Waals surface area contributed by atoms with Gasteiger partial charge in [0, 0.05) is 17.7 Å². The van der Waals surface area contributed by atoms with Crippen LogP contribution in [0.5, 0.6) is 11.5 Å². The highest BCUT2D eigenvalue weighted by Gasteiger charge is 2.36. The summed E-state index contributed by atoms with van der Waals surface area (Å²) in [4.78, 5) is 0. The lowest BCUT2D eigenvalue weighted by molar-refractivity contribution is -0.0236. The summed E-state index contributed by atoms with van der Waals surface area (Å²) in [6.07, 6.45) is 15.0. The zero-order valence-electron chi connectivity index (χ0n) is 25.1. The SMILES string of the molecule is CCCC1CCC(OCC2CCC3CC(COc4ccc(-c5ccc(OCC)c(F)c5F)c(F)c4F)CCC3C2)CC1. The van der Waals surface area contributed by atoms with Gasteiger partial charge in [0.15, 0.2) is 23.1 Å². The van der Waals surface area contributed by atoms with Gasteiger partial charge in [0.1, 0.15) is 0 Å². The average molecular weight is 591 g/mol. The van der Waals surface area contributed by atoms with Crippen molar-refractivity contribution in [3.8, 4) is 22.6 Å². The first-order chi connectivity index (χ1) is 20.4. The molecule has 3 fully saturated rings. The Bertz CT molecular complexity index is 1180. The zero-order chi connectivity index (χ0) is 29.6. The maximum Gasteiger partial charge on any atom is 0.201 e. The average Bonchev–Trinajstić information content (AvgIpc) is 3.00. The third-order valence-electron chi connectivity index (χ3n) is 10.0. The Morgan fingerprint density at radius 2 is 1.12 bits per heavy atom. The van der Waals surface area contributed by atoms with Crippen LogP contribution in [0.25, 0.3) is 11.1 Å². The molecule has 3 aliphatic carbocycles. The first-order valence-corrected chi connectivity index (χ1v) is 16.2. The lowest BCUT2D eigenvalue weighted by Crippen LogP contribution is -2.34. The Hall–Kier alpha value is -2.28. The smallest absolute Gasteiger partial charge is 0.201 e. The molecule has 0 N–H and O–H groups in total. The van der Waals surface area contributed by atoms with Crippen molar-refractivity contribution >= 4 is 0 Å². The molecule has 3 nitrogen and oxygen atoms in total. The van der Waals surface area contributed by atoms with Crippen LogP contribution in [-0.2, 0) is 4.74 Å². The molecule has 0 amide bonds. The van der Waals surface area contributed by atoms with Crippen molar-refractivity contribution in [3.63, 3.8) is 0 Å². The van der Waals surface area contributed by atoms with Gasteiger partial charge >= 0.3 is 0 Å². The molecule has 0 spiro atoms. The molecule has 0 aliphatic heterocycles. The van der Waals surface area contributed by atoms with E-state index >= 15 is 0 Å². The Kier molecular flexibility index (Phi) is 10.7. The minimum Gasteiger partial charge on any atom is -0.491 e. The van der Waals surface area contributed by atoms with Crippen LogP contribution in [0.2, 0.25) is 0 Å². The van der Waals surface area contributed by atoms with Gasteiger partial charge in [-0.1, -0.05) is 19.8 Å². The summed E-state index contributed by atoms with van der Waals surface area (Å²) in [5.41, 5.74) is -0.720. The highest BCUT2D eigenvalue weighted by molar-refractivity contribution is 5.67. The molecule has 42 heavy (non-hydrogen) atoms. The van der Waals surface area contributed by atoms with Crippen molar-refractivity contribution in [3.05, 3.63) is 47.5 Å². The van der Waals surface area contributed by atoms with Crippen molar-refractivity contribution in [1.82, 2.24) is 0 Å². The van der Waals surface area contributed by atoms with E-state index in [1.807, 2.05) is 0 Å². The van der Waals surface area contributed by atoms with Crippen molar-refractivity contribution < 1.29 is 31.8 Å². The minimum atomic E-state index is -1.28. The zero-order valence-corrected chi connectivity index (χ0v) is 25.1. The molecule has 4 unspecified atom stereocenters. The van der Waals surface area contributed by atoms with Crippen LogP contribution in [0.15, 0.2) is 24.3 Å². The summed E-state index contributed by atoms with van der Waals surface area (Å²) >= 11 is 0. The summed E-state index contributed by atoms with van der Waals surface area (Å²) in [5.74, 6) is -2.21. The fourth-order valence-electron chi connectivity index (χ4n) is 7.72. The Morgan fingerprint density at radius 3 is 1.67 bits per heavy atom. The first kappa shape index (κ1) is 31.2. The largest absolute Gasteiger partial charge is 0.491 e. The van der Waals surface area contributed by atoms with Crippen molar-refractivity contribution in [1.29, 1.82) is 0 Å². The molecule has 2 aromatic carbocycles. The molecule has 0 aromatic heterocycles. The van der Waals surface area contributed by atoms with E-state index in [2.05, 4.69) is 6.92 Å². The molecule has 0 heterocycles. The van der Waals surface area contributed by atoms with E-state index in [4.69, 9.17) is 14.2 Å². The van der Waals surface area contributed by atoms with Gasteiger partial charge in [-0.3, -0.25) is 0 Å². The number of ether oxygens (including phenoxy) is 3. The van der Waals surface area contributed by atoms with E-state index in [9.17, 15) is 17.6 Å². The van der Waals surface area contributed by atoms with E-state index in [-0.39, 0.29) is 35.2 Å². The van der Waals surface area contributed by atoms with Crippen molar-refractivity contribution in [2.75, 3.05) is 19.8 Å². The second-order valence-electron chi connectivity index (χ2n) is 12.9. The van der Waals surface area contributed by atoms with Crippen LogP contribution in [0.3, 0.4) is 0 Å². The van der Waals surface area contributed by atoms with Crippen LogP contribution in [0.4, 0.5) is 17.6 Å². The highest BCUT2D eigenvalue weighted by atomic mass is 19.2. The normalized spacial score (nSPS) is 27.9. The van der Waals surface area contributed by atoms with Gasteiger partial charge in [0.2, 0.25) is 11.6 Å². The molecule has 7 heteroatoms. The predicted octanol–water partition coefficient (Wildman–Crippen LogP) is 9.90. The van der Waals surface area contributed by atoms with Gasteiger partial charge in [-0.25, -0.2) is 8.78 Å². The molecule has 2 aromatic rings. The molecule has 4 atom stereocenters. The maximum atomic E-state index is 15.0. The Morgan fingerprint density at radius 1 is 0.595 bits per heavy atom. The number of hydrogen-bond acceptors (Lipinski definition) is 3. The summed E-state index contributed by atoms with van der Waals surface area (Å²) in [5, 5.41) is 0. The molecule has 3 saturated carbocycles.